The molecule has 0 unspecified atom stereocenters. The maximum Gasteiger partial charge on any atom is 0.358 e. The molecule has 156 valence electrons. The van der Waals surface area contributed by atoms with Crippen molar-refractivity contribution in [1.82, 2.24) is 4.90 Å². The number of ether oxygens (including phenoxy) is 2. The number of carbonyl (C=O) groups is 3. The molecule has 0 aromatic heterocycles. The highest BCUT2D eigenvalue weighted by Crippen LogP contribution is 2.48. The first-order valence-electron chi connectivity index (χ1n) is 9.41. The maximum atomic E-state index is 12.8. The van der Waals surface area contributed by atoms with E-state index in [1.165, 1.54) is 17.9 Å². The molecule has 2 N–H and O–H groups in total. The van der Waals surface area contributed by atoms with Gasteiger partial charge in [-0.05, 0) is 45.8 Å². The normalized spacial score (nSPS) is 22.1. The number of aliphatic hydroxyl groups excluding tert-OH is 1. The molecule has 8 nitrogen and oxygen atoms in total. The Bertz CT molecular complexity index is 881. The van der Waals surface area contributed by atoms with E-state index >= 15 is 0 Å². The second kappa shape index (κ2) is 7.51. The van der Waals surface area contributed by atoms with Crippen molar-refractivity contribution in [3.05, 3.63) is 35.5 Å². The summed E-state index contributed by atoms with van der Waals surface area (Å²) in [6.07, 6.45) is -0.567. The first-order valence-corrected chi connectivity index (χ1v) is 9.41. The van der Waals surface area contributed by atoms with Gasteiger partial charge in [0.25, 0.3) is 0 Å². The number of nitrogens with zero attached hydrogens (tertiary/aromatic N) is 1. The van der Waals surface area contributed by atoms with Crippen molar-refractivity contribution in [3.8, 4) is 5.75 Å². The van der Waals surface area contributed by atoms with E-state index in [0.29, 0.717) is 17.6 Å². The summed E-state index contributed by atoms with van der Waals surface area (Å²) in [7, 11) is 0. The van der Waals surface area contributed by atoms with Crippen LogP contribution in [0.2, 0.25) is 0 Å². The Balaban J connectivity index is 1.86. The third-order valence-corrected chi connectivity index (χ3v) is 5.14. The lowest BCUT2D eigenvalue weighted by molar-refractivity contribution is -0.175. The number of hydrogen-bond acceptors (Lipinski definition) is 7. The van der Waals surface area contributed by atoms with E-state index in [1.54, 1.807) is 39.0 Å². The average Bonchev–Trinajstić information content (AvgIpc) is 2.95. The average molecular weight is 403 g/mol. The first kappa shape index (κ1) is 20.9. The number of amides is 1. The lowest BCUT2D eigenvalue weighted by atomic mass is 9.82. The summed E-state index contributed by atoms with van der Waals surface area (Å²) in [5.74, 6) is -2.40. The van der Waals surface area contributed by atoms with E-state index in [-0.39, 0.29) is 17.4 Å². The zero-order valence-electron chi connectivity index (χ0n) is 16.8. The van der Waals surface area contributed by atoms with Crippen LogP contribution in [0.4, 0.5) is 0 Å². The van der Waals surface area contributed by atoms with Crippen LogP contribution in [0.5, 0.6) is 5.75 Å². The molecule has 0 radical (unpaired) electrons. The molecule has 0 spiro atoms. The van der Waals surface area contributed by atoms with Crippen LogP contribution in [0.25, 0.3) is 5.57 Å². The maximum absolute atomic E-state index is 12.8. The van der Waals surface area contributed by atoms with Crippen molar-refractivity contribution in [3.63, 3.8) is 0 Å². The molecule has 2 aliphatic rings. The fourth-order valence-electron chi connectivity index (χ4n) is 3.65. The molecule has 0 bridgehead atoms. The molecule has 29 heavy (non-hydrogen) atoms. The van der Waals surface area contributed by atoms with Crippen molar-refractivity contribution >= 4 is 23.4 Å². The first-order chi connectivity index (χ1) is 13.5. The van der Waals surface area contributed by atoms with Gasteiger partial charge < -0.3 is 24.6 Å². The predicted octanol–water partition coefficient (Wildman–Crippen LogP) is 1.80. The number of benzene rings is 1. The third kappa shape index (κ3) is 3.72. The molecular weight excluding hydrogens is 378 g/mol. The van der Waals surface area contributed by atoms with E-state index in [4.69, 9.17) is 9.47 Å². The Morgan fingerprint density at radius 2 is 1.90 bits per heavy atom. The standard InChI is InChI=1S/C21H25NO7/c1-11(23)16-14-9-13(12-7-5-6-8-15(12)24)17(22(14)18(16)25)19(26)28-10-29-20(27)21(2,3)4/h5-8,11,14,16,23-24H,9-10H2,1-4H3/t11-,14-,16-/m1/s1. The Kier molecular flexibility index (Phi) is 5.40. The molecule has 0 saturated carbocycles. The van der Waals surface area contributed by atoms with E-state index in [0.717, 1.165) is 0 Å². The van der Waals surface area contributed by atoms with Crippen LogP contribution < -0.4 is 0 Å². The number of fused-ring (bicyclic) bond motifs is 1. The van der Waals surface area contributed by atoms with Gasteiger partial charge in [0.1, 0.15) is 11.4 Å². The molecule has 3 rings (SSSR count). The van der Waals surface area contributed by atoms with Gasteiger partial charge in [-0.15, -0.1) is 0 Å². The van der Waals surface area contributed by atoms with Crippen LogP contribution in [0.1, 0.15) is 39.7 Å². The summed E-state index contributed by atoms with van der Waals surface area (Å²) in [6, 6.07) is 6.10. The minimum Gasteiger partial charge on any atom is -0.507 e. The van der Waals surface area contributed by atoms with E-state index in [2.05, 4.69) is 0 Å². The molecule has 1 amide bonds. The van der Waals surface area contributed by atoms with Crippen LogP contribution >= 0.6 is 0 Å². The quantitative estimate of drug-likeness (QED) is 0.438. The number of aromatic hydroxyl groups is 1. The summed E-state index contributed by atoms with van der Waals surface area (Å²) in [4.78, 5) is 38.5. The minimum atomic E-state index is -0.863. The number of phenolic OH excluding ortho intramolecular Hbond substituents is 1. The van der Waals surface area contributed by atoms with E-state index < -0.39 is 42.2 Å². The number of carbonyl (C=O) groups excluding carboxylic acids is 3. The molecule has 0 aliphatic carbocycles. The molecule has 1 fully saturated rings. The van der Waals surface area contributed by atoms with Crippen LogP contribution in [0, 0.1) is 11.3 Å². The van der Waals surface area contributed by atoms with Crippen molar-refractivity contribution < 1.29 is 34.1 Å². The highest BCUT2D eigenvalue weighted by Gasteiger charge is 2.57. The molecule has 1 aromatic carbocycles. The van der Waals surface area contributed by atoms with Gasteiger partial charge in [0.05, 0.1) is 23.5 Å². The van der Waals surface area contributed by atoms with Gasteiger partial charge in [-0.1, -0.05) is 18.2 Å². The van der Waals surface area contributed by atoms with Gasteiger partial charge in [0.2, 0.25) is 12.7 Å². The van der Waals surface area contributed by atoms with Gasteiger partial charge in [-0.3, -0.25) is 9.59 Å². The van der Waals surface area contributed by atoms with Gasteiger partial charge in [-0.25, -0.2) is 4.79 Å². The number of rotatable bonds is 5. The van der Waals surface area contributed by atoms with Gasteiger partial charge in [0, 0.05) is 5.56 Å². The summed E-state index contributed by atoms with van der Waals surface area (Å²) >= 11 is 0. The number of para-hydroxylation sites is 1. The fourth-order valence-corrected chi connectivity index (χ4v) is 3.65. The number of aliphatic hydroxyl groups is 1. The minimum absolute atomic E-state index is 0.00482. The van der Waals surface area contributed by atoms with Crippen LogP contribution in [0.3, 0.4) is 0 Å². The number of esters is 2. The third-order valence-electron chi connectivity index (χ3n) is 5.14. The van der Waals surface area contributed by atoms with Crippen molar-refractivity contribution in [2.45, 2.75) is 46.3 Å². The number of hydrogen-bond donors (Lipinski definition) is 2. The summed E-state index contributed by atoms with van der Waals surface area (Å²) < 4.78 is 10.1. The molecule has 1 saturated heterocycles. The molecule has 8 heteroatoms. The zero-order chi connectivity index (χ0) is 21.5. The molecule has 2 heterocycles. The zero-order valence-corrected chi connectivity index (χ0v) is 16.8. The monoisotopic (exact) mass is 403 g/mol. The summed E-state index contributed by atoms with van der Waals surface area (Å²) in [5, 5.41) is 20.1. The highest BCUT2D eigenvalue weighted by atomic mass is 16.7. The van der Waals surface area contributed by atoms with E-state index in [1.807, 2.05) is 0 Å². The van der Waals surface area contributed by atoms with Crippen LogP contribution in [-0.2, 0) is 23.9 Å². The van der Waals surface area contributed by atoms with Crippen molar-refractivity contribution in [1.29, 1.82) is 0 Å². The summed E-state index contributed by atoms with van der Waals surface area (Å²) in [5.41, 5.74) is 0.128. The van der Waals surface area contributed by atoms with Gasteiger partial charge in [0.15, 0.2) is 0 Å². The smallest absolute Gasteiger partial charge is 0.358 e. The Hall–Kier alpha value is -2.87. The fraction of sp³-hybridized carbons (Fsp3) is 0.476. The lowest BCUT2D eigenvalue weighted by Gasteiger charge is -2.44. The van der Waals surface area contributed by atoms with E-state index in [9.17, 15) is 24.6 Å². The van der Waals surface area contributed by atoms with Gasteiger partial charge >= 0.3 is 11.9 Å². The van der Waals surface area contributed by atoms with Crippen molar-refractivity contribution in [2.75, 3.05) is 6.79 Å². The Morgan fingerprint density at radius 3 is 2.48 bits per heavy atom. The summed E-state index contributed by atoms with van der Waals surface area (Å²) in [6.45, 7) is 5.96. The molecule has 3 atom stereocenters. The number of phenols is 1. The van der Waals surface area contributed by atoms with Gasteiger partial charge in [-0.2, -0.15) is 0 Å². The predicted molar refractivity (Wildman–Crippen MR) is 102 cm³/mol. The highest BCUT2D eigenvalue weighted by molar-refractivity contribution is 6.07. The van der Waals surface area contributed by atoms with Crippen LogP contribution in [0.15, 0.2) is 30.0 Å². The topological polar surface area (TPSA) is 113 Å². The molecular formula is C21H25NO7. The molecule has 2 aliphatic heterocycles. The number of β-lactam (4-membered cyclic amide) rings is 1. The Labute approximate surface area is 168 Å². The second-order valence-electron chi connectivity index (χ2n) is 8.32. The Morgan fingerprint density at radius 1 is 1.24 bits per heavy atom. The second-order valence-corrected chi connectivity index (χ2v) is 8.32. The molecule has 1 aromatic rings. The van der Waals surface area contributed by atoms with Crippen LogP contribution in [-0.4, -0.2) is 51.9 Å². The van der Waals surface area contributed by atoms with Crippen molar-refractivity contribution in [2.24, 2.45) is 11.3 Å². The lowest BCUT2D eigenvalue weighted by Crippen LogP contribution is -2.61. The largest absolute Gasteiger partial charge is 0.507 e. The SMILES string of the molecule is C[C@@H](O)[C@H]1C(=O)N2C(C(=O)OCOC(=O)C(C)(C)C)=C(c3ccccc3O)C[C@H]12.